The number of carbonyl (C=O) groups is 2. The SMILES string of the molecule is O=C1CCN(c2cnc(Oc3cccc(Cl)c3)nc2)C(=O)N1. The minimum Gasteiger partial charge on any atom is -0.424 e. The highest BCUT2D eigenvalue weighted by Crippen LogP contribution is 2.22. The molecule has 1 saturated heterocycles. The minimum absolute atomic E-state index is 0.138. The summed E-state index contributed by atoms with van der Waals surface area (Å²) in [6, 6.07) is 6.51. The van der Waals surface area contributed by atoms with Crippen molar-refractivity contribution in [3.63, 3.8) is 0 Å². The van der Waals surface area contributed by atoms with Gasteiger partial charge in [0.2, 0.25) is 5.91 Å². The van der Waals surface area contributed by atoms with Crippen LogP contribution in [0.5, 0.6) is 11.8 Å². The van der Waals surface area contributed by atoms with Crippen LogP contribution in [0.15, 0.2) is 36.7 Å². The quantitative estimate of drug-likeness (QED) is 0.939. The number of amides is 3. The predicted molar refractivity (Wildman–Crippen MR) is 79.1 cm³/mol. The van der Waals surface area contributed by atoms with Gasteiger partial charge in [-0.2, -0.15) is 0 Å². The molecule has 0 atom stereocenters. The molecule has 3 amide bonds. The maximum absolute atomic E-state index is 11.7. The van der Waals surface area contributed by atoms with E-state index < -0.39 is 6.03 Å². The Kier molecular flexibility index (Phi) is 3.88. The van der Waals surface area contributed by atoms with Crippen molar-refractivity contribution in [1.82, 2.24) is 15.3 Å². The fourth-order valence-electron chi connectivity index (χ4n) is 1.95. The third-order valence-corrected chi connectivity index (χ3v) is 3.22. The Morgan fingerprint density at radius 2 is 2.00 bits per heavy atom. The lowest BCUT2D eigenvalue weighted by Gasteiger charge is -2.25. The molecule has 1 aromatic heterocycles. The summed E-state index contributed by atoms with van der Waals surface area (Å²) in [5.41, 5.74) is 0.489. The number of imide groups is 1. The lowest BCUT2D eigenvalue weighted by Crippen LogP contribution is -2.49. The standard InChI is InChI=1S/C14H11ClN4O3/c15-9-2-1-3-11(6-9)22-13-16-7-10(8-17-13)19-5-4-12(20)18-14(19)21/h1-3,6-8H,4-5H2,(H,18,20,21). The summed E-state index contributed by atoms with van der Waals surface area (Å²) in [5.74, 6) is 0.227. The summed E-state index contributed by atoms with van der Waals surface area (Å²) in [6.45, 7) is 0.294. The molecule has 2 heterocycles. The van der Waals surface area contributed by atoms with Gasteiger partial charge in [-0.15, -0.1) is 0 Å². The molecule has 1 fully saturated rings. The van der Waals surface area contributed by atoms with Gasteiger partial charge in [-0.25, -0.2) is 14.8 Å². The molecule has 0 unspecified atom stereocenters. The van der Waals surface area contributed by atoms with E-state index in [9.17, 15) is 9.59 Å². The number of carbonyl (C=O) groups excluding carboxylic acids is 2. The van der Waals surface area contributed by atoms with Gasteiger partial charge < -0.3 is 4.74 Å². The number of aromatic nitrogens is 2. The number of rotatable bonds is 3. The zero-order valence-electron chi connectivity index (χ0n) is 11.3. The Bertz CT molecular complexity index is 720. The fourth-order valence-corrected chi connectivity index (χ4v) is 2.13. The van der Waals surface area contributed by atoms with E-state index in [0.717, 1.165) is 0 Å². The number of benzene rings is 1. The molecule has 1 aromatic carbocycles. The number of hydrogen-bond acceptors (Lipinski definition) is 5. The number of nitrogens with one attached hydrogen (secondary N) is 1. The average Bonchev–Trinajstić information content (AvgIpc) is 2.48. The van der Waals surface area contributed by atoms with E-state index in [4.69, 9.17) is 16.3 Å². The van der Waals surface area contributed by atoms with Crippen molar-refractivity contribution in [3.05, 3.63) is 41.7 Å². The van der Waals surface area contributed by atoms with Gasteiger partial charge in [0.1, 0.15) is 5.75 Å². The number of urea groups is 1. The Balaban J connectivity index is 1.73. The number of halogens is 1. The van der Waals surface area contributed by atoms with Gasteiger partial charge in [-0.05, 0) is 18.2 Å². The Morgan fingerprint density at radius 3 is 2.68 bits per heavy atom. The fraction of sp³-hybridized carbons (Fsp3) is 0.143. The number of ether oxygens (including phenoxy) is 1. The van der Waals surface area contributed by atoms with E-state index in [1.807, 2.05) is 0 Å². The summed E-state index contributed by atoms with van der Waals surface area (Å²) >= 11 is 5.87. The third-order valence-electron chi connectivity index (χ3n) is 2.99. The smallest absolute Gasteiger partial charge is 0.328 e. The van der Waals surface area contributed by atoms with E-state index >= 15 is 0 Å². The van der Waals surface area contributed by atoms with Crippen LogP contribution >= 0.6 is 11.6 Å². The van der Waals surface area contributed by atoms with Crippen molar-refractivity contribution >= 4 is 29.2 Å². The first-order valence-corrected chi connectivity index (χ1v) is 6.86. The molecule has 3 rings (SSSR count). The number of nitrogens with zero attached hydrogens (tertiary/aromatic N) is 3. The largest absolute Gasteiger partial charge is 0.424 e. The average molecular weight is 319 g/mol. The molecule has 8 heteroatoms. The number of anilines is 1. The first-order valence-electron chi connectivity index (χ1n) is 6.48. The van der Waals surface area contributed by atoms with Crippen LogP contribution in [0.2, 0.25) is 5.02 Å². The molecule has 112 valence electrons. The van der Waals surface area contributed by atoms with Crippen LogP contribution in [-0.2, 0) is 4.79 Å². The molecule has 7 nitrogen and oxygen atoms in total. The summed E-state index contributed by atoms with van der Waals surface area (Å²) in [7, 11) is 0. The third kappa shape index (κ3) is 3.15. The number of hydrogen-bond donors (Lipinski definition) is 1. The Labute approximate surface area is 130 Å². The van der Waals surface area contributed by atoms with Crippen LogP contribution in [-0.4, -0.2) is 28.5 Å². The highest BCUT2D eigenvalue weighted by molar-refractivity contribution is 6.30. The van der Waals surface area contributed by atoms with E-state index in [-0.39, 0.29) is 18.3 Å². The molecule has 1 aliphatic heterocycles. The van der Waals surface area contributed by atoms with E-state index in [2.05, 4.69) is 15.3 Å². The van der Waals surface area contributed by atoms with Crippen molar-refractivity contribution in [1.29, 1.82) is 0 Å². The maximum Gasteiger partial charge on any atom is 0.328 e. The summed E-state index contributed by atoms with van der Waals surface area (Å²) in [4.78, 5) is 32.3. The molecule has 0 bridgehead atoms. The molecule has 0 saturated carbocycles. The van der Waals surface area contributed by atoms with Crippen molar-refractivity contribution < 1.29 is 14.3 Å². The van der Waals surface area contributed by atoms with Gasteiger partial charge in [0.15, 0.2) is 0 Å². The van der Waals surface area contributed by atoms with E-state index in [1.54, 1.807) is 24.3 Å². The maximum atomic E-state index is 11.7. The van der Waals surface area contributed by atoms with Crippen LogP contribution in [0.25, 0.3) is 0 Å². The van der Waals surface area contributed by atoms with Gasteiger partial charge in [0.05, 0.1) is 18.1 Å². The van der Waals surface area contributed by atoms with Crippen molar-refractivity contribution in [2.24, 2.45) is 0 Å². The molecule has 1 N–H and O–H groups in total. The minimum atomic E-state index is -0.483. The molecular formula is C14H11ClN4O3. The normalized spacial score (nSPS) is 14.7. The topological polar surface area (TPSA) is 84.4 Å². The second-order valence-electron chi connectivity index (χ2n) is 4.54. The molecule has 0 aliphatic carbocycles. The second kappa shape index (κ2) is 5.98. The van der Waals surface area contributed by atoms with Gasteiger partial charge >= 0.3 is 12.0 Å². The van der Waals surface area contributed by atoms with Gasteiger partial charge in [-0.3, -0.25) is 15.0 Å². The summed E-state index contributed by atoms with van der Waals surface area (Å²) < 4.78 is 5.47. The molecule has 1 aliphatic rings. The summed E-state index contributed by atoms with van der Waals surface area (Å²) in [5, 5.41) is 2.78. The zero-order valence-corrected chi connectivity index (χ0v) is 12.1. The van der Waals surface area contributed by atoms with Crippen LogP contribution in [0.3, 0.4) is 0 Å². The molecule has 22 heavy (non-hydrogen) atoms. The van der Waals surface area contributed by atoms with Crippen LogP contribution in [0.4, 0.5) is 10.5 Å². The van der Waals surface area contributed by atoms with Crippen molar-refractivity contribution in [2.45, 2.75) is 6.42 Å². The molecular weight excluding hydrogens is 308 g/mol. The Hall–Kier alpha value is -2.67. The second-order valence-corrected chi connectivity index (χ2v) is 4.97. The highest BCUT2D eigenvalue weighted by atomic mass is 35.5. The monoisotopic (exact) mass is 318 g/mol. The first-order chi connectivity index (χ1) is 10.6. The van der Waals surface area contributed by atoms with E-state index in [1.165, 1.54) is 17.3 Å². The van der Waals surface area contributed by atoms with Gasteiger partial charge in [0, 0.05) is 18.0 Å². The van der Waals surface area contributed by atoms with Crippen molar-refractivity contribution in [3.8, 4) is 11.8 Å². The zero-order chi connectivity index (χ0) is 15.5. The van der Waals surface area contributed by atoms with Crippen LogP contribution in [0.1, 0.15) is 6.42 Å². The van der Waals surface area contributed by atoms with Crippen LogP contribution < -0.4 is 15.0 Å². The molecule has 0 spiro atoms. The van der Waals surface area contributed by atoms with E-state index in [0.29, 0.717) is 23.0 Å². The lowest BCUT2D eigenvalue weighted by molar-refractivity contribution is -0.120. The lowest BCUT2D eigenvalue weighted by atomic mass is 10.3. The van der Waals surface area contributed by atoms with Gasteiger partial charge in [-0.1, -0.05) is 17.7 Å². The van der Waals surface area contributed by atoms with Crippen LogP contribution in [0, 0.1) is 0 Å². The first kappa shape index (κ1) is 14.3. The highest BCUT2D eigenvalue weighted by Gasteiger charge is 2.24. The summed E-state index contributed by atoms with van der Waals surface area (Å²) in [6.07, 6.45) is 3.16. The predicted octanol–water partition coefficient (Wildman–Crippen LogP) is 2.37. The van der Waals surface area contributed by atoms with Gasteiger partial charge in [0.25, 0.3) is 0 Å². The molecule has 0 radical (unpaired) electrons. The van der Waals surface area contributed by atoms with Crippen molar-refractivity contribution in [2.75, 3.05) is 11.4 Å². The molecule has 2 aromatic rings. The Morgan fingerprint density at radius 1 is 1.23 bits per heavy atom.